The number of aromatic amines is 1. The van der Waals surface area contributed by atoms with Gasteiger partial charge in [0.2, 0.25) is 12.0 Å². The largest absolute Gasteiger partial charge is 0.481 e. The van der Waals surface area contributed by atoms with Gasteiger partial charge in [0.05, 0.1) is 18.8 Å². The fraction of sp³-hybridized carbons (Fsp3) is 0.600. The summed E-state index contributed by atoms with van der Waals surface area (Å²) in [6.07, 6.45) is -2.03. The number of rotatable bonds is 8. The summed E-state index contributed by atoms with van der Waals surface area (Å²) in [4.78, 5) is 39.9. The van der Waals surface area contributed by atoms with Gasteiger partial charge in [-0.3, -0.25) is 4.52 Å². The van der Waals surface area contributed by atoms with Crippen molar-refractivity contribution in [3.05, 3.63) is 22.6 Å². The van der Waals surface area contributed by atoms with Crippen molar-refractivity contribution in [2.75, 3.05) is 13.3 Å². The summed E-state index contributed by atoms with van der Waals surface area (Å²) in [6.45, 7) is -1.63. The Labute approximate surface area is 156 Å². The molecule has 1 aromatic rings. The van der Waals surface area contributed by atoms with Crippen molar-refractivity contribution in [2.24, 2.45) is 11.5 Å². The third-order valence-electron chi connectivity index (χ3n) is 3.59. The summed E-state index contributed by atoms with van der Waals surface area (Å²) in [5.74, 6) is -2.19. The Morgan fingerprint density at radius 2 is 2.00 bits per heavy atom. The Kier molecular flexibility index (Phi) is 6.77. The number of nitrogens with one attached hydrogen (secondary N) is 1. The molecule has 0 saturated carbocycles. The van der Waals surface area contributed by atoms with Crippen LogP contribution in [0.4, 0.5) is 0 Å². The minimum absolute atomic E-state index is 0.576. The fourth-order valence-electron chi connectivity index (χ4n) is 2.42. The number of aromatic hydroxyl groups is 1. The molecule has 5 atom stereocenters. The van der Waals surface area contributed by atoms with Gasteiger partial charge in [-0.2, -0.15) is 13.9 Å². The molecule has 28 heavy (non-hydrogen) atoms. The Morgan fingerprint density at radius 3 is 2.54 bits per heavy atom. The molecule has 1 aliphatic heterocycles. The number of nitrogens with two attached hydrogens (primary N) is 2. The number of H-pyrrole nitrogens is 1. The maximum atomic E-state index is 11.7. The molecule has 0 spiro atoms. The lowest BCUT2D eigenvalue weighted by Gasteiger charge is -2.31. The Balaban J connectivity index is 2.29. The van der Waals surface area contributed by atoms with E-state index in [1.165, 1.54) is 0 Å². The van der Waals surface area contributed by atoms with E-state index in [1.54, 1.807) is 0 Å². The van der Waals surface area contributed by atoms with Crippen molar-refractivity contribution in [3.8, 4) is 6.01 Å². The van der Waals surface area contributed by atoms with Gasteiger partial charge < -0.3 is 45.8 Å². The summed E-state index contributed by atoms with van der Waals surface area (Å²) >= 11 is 0. The number of aromatic nitrogens is 2. The average molecular weight is 449 g/mol. The van der Waals surface area contributed by atoms with Crippen LogP contribution in [-0.4, -0.2) is 61.1 Å². The third kappa shape index (κ3) is 5.21. The molecule has 0 bridgehead atoms. The first-order chi connectivity index (χ1) is 12.8. The van der Waals surface area contributed by atoms with Gasteiger partial charge in [0, 0.05) is 0 Å². The second-order valence-electron chi connectivity index (χ2n) is 5.50. The van der Waals surface area contributed by atoms with Gasteiger partial charge in [-0.1, -0.05) is 0 Å². The van der Waals surface area contributed by atoms with Crippen LogP contribution in [0.5, 0.6) is 6.01 Å². The lowest BCUT2D eigenvalue weighted by molar-refractivity contribution is -0.775. The number of phosphoric ester groups is 1. The summed E-state index contributed by atoms with van der Waals surface area (Å²) < 4.78 is 41.9. The zero-order valence-corrected chi connectivity index (χ0v) is 15.7. The van der Waals surface area contributed by atoms with E-state index in [2.05, 4.69) is 8.83 Å². The normalized spacial score (nSPS) is 30.3. The number of aliphatic hydroxyl groups excluding tert-OH is 1. The molecule has 160 valence electrons. The second kappa shape index (κ2) is 8.23. The molecule has 18 heteroatoms. The first-order valence-electron chi connectivity index (χ1n) is 7.33. The number of phosphoric acid groups is 2. The van der Waals surface area contributed by atoms with Gasteiger partial charge in [-0.15, -0.1) is 0 Å². The Morgan fingerprint density at radius 1 is 1.36 bits per heavy atom. The first kappa shape index (κ1) is 23.0. The summed E-state index contributed by atoms with van der Waals surface area (Å²) in [5, 5.41) is 20.2. The first-order valence-corrected chi connectivity index (χ1v) is 10.4. The Bertz CT molecular complexity index is 859. The summed E-state index contributed by atoms with van der Waals surface area (Å²) in [7, 11) is -10.7. The van der Waals surface area contributed by atoms with E-state index in [4.69, 9.17) is 30.7 Å². The average Bonchev–Trinajstić information content (AvgIpc) is 2.77. The highest BCUT2D eigenvalue weighted by Crippen LogP contribution is 2.58. The van der Waals surface area contributed by atoms with Crippen molar-refractivity contribution in [1.82, 2.24) is 4.98 Å². The second-order valence-corrected chi connectivity index (χ2v) is 8.33. The van der Waals surface area contributed by atoms with Crippen molar-refractivity contribution < 1.29 is 56.9 Å². The van der Waals surface area contributed by atoms with E-state index in [0.717, 1.165) is 16.8 Å². The van der Waals surface area contributed by atoms with Crippen LogP contribution in [0.15, 0.2) is 17.1 Å². The molecule has 1 aliphatic rings. The molecule has 1 aromatic heterocycles. The van der Waals surface area contributed by atoms with Crippen LogP contribution in [0.1, 0.15) is 6.23 Å². The van der Waals surface area contributed by atoms with Gasteiger partial charge in [0.15, 0.2) is 0 Å². The van der Waals surface area contributed by atoms with Crippen LogP contribution in [0.3, 0.4) is 0 Å². The lowest BCUT2D eigenvalue weighted by Crippen LogP contribution is -2.55. The van der Waals surface area contributed by atoms with Crippen LogP contribution >= 0.6 is 15.6 Å². The quantitative estimate of drug-likeness (QED) is 0.108. The SMILES string of the molecule is NCO[C@]1(COP(=O)(O)OP(=O)(O)O)O[C@@H]([n+]2ccc(=O)[nH]c2O)[C@H](O)[C@@H]1N. The molecule has 2 rings (SSSR count). The number of aliphatic hydroxyl groups is 1. The van der Waals surface area contributed by atoms with Crippen molar-refractivity contribution >= 4 is 15.6 Å². The van der Waals surface area contributed by atoms with Crippen molar-refractivity contribution in [2.45, 2.75) is 24.2 Å². The summed E-state index contributed by atoms with van der Waals surface area (Å²) in [5.41, 5.74) is 10.5. The van der Waals surface area contributed by atoms with Gasteiger partial charge in [0.1, 0.15) is 18.9 Å². The highest BCUT2D eigenvalue weighted by molar-refractivity contribution is 7.60. The van der Waals surface area contributed by atoms with Crippen LogP contribution in [0.25, 0.3) is 0 Å². The standard InChI is InChI=1S/C10H18N4O12P2/c11-4-23-10(3-24-28(21,22)26-27(18,19)20)7(12)6(16)8(25-10)14-2-1-5(15)13-9(14)17/h1-2,6-8,16H,3-4,11-12H2,(H4,13,15,17,18,19,20,21,22)/p+1/t6-,7+,8-,10-/m1/s1. The highest BCUT2D eigenvalue weighted by atomic mass is 31.3. The van der Waals surface area contributed by atoms with E-state index in [0.29, 0.717) is 0 Å². The monoisotopic (exact) mass is 449 g/mol. The molecule has 0 radical (unpaired) electrons. The molecule has 2 heterocycles. The van der Waals surface area contributed by atoms with Crippen LogP contribution in [0, 0.1) is 0 Å². The minimum atomic E-state index is -5.38. The highest BCUT2D eigenvalue weighted by Gasteiger charge is 2.58. The van der Waals surface area contributed by atoms with E-state index in [-0.39, 0.29) is 0 Å². The lowest BCUT2D eigenvalue weighted by atomic mass is 10.1. The van der Waals surface area contributed by atoms with Crippen LogP contribution < -0.4 is 21.6 Å². The van der Waals surface area contributed by atoms with E-state index >= 15 is 0 Å². The Hall–Kier alpha value is -1.26. The molecule has 1 saturated heterocycles. The summed E-state index contributed by atoms with van der Waals surface area (Å²) in [6, 6.07) is -1.21. The predicted molar refractivity (Wildman–Crippen MR) is 84.8 cm³/mol. The third-order valence-corrected chi connectivity index (χ3v) is 5.73. The van der Waals surface area contributed by atoms with Gasteiger partial charge >= 0.3 is 27.2 Å². The number of hydrogen-bond donors (Lipinski definition) is 8. The fourth-order valence-corrected chi connectivity index (χ4v) is 4.03. The van der Waals surface area contributed by atoms with Crippen LogP contribution in [0.2, 0.25) is 0 Å². The molecule has 0 aromatic carbocycles. The van der Waals surface area contributed by atoms with E-state index in [9.17, 15) is 29.0 Å². The molecule has 0 amide bonds. The zero-order valence-electron chi connectivity index (χ0n) is 13.9. The number of hydrogen-bond acceptors (Lipinski definition) is 11. The molecule has 0 aliphatic carbocycles. The maximum Gasteiger partial charge on any atom is 0.481 e. The molecule has 1 unspecified atom stereocenters. The van der Waals surface area contributed by atoms with Gasteiger partial charge in [0.25, 0.3) is 0 Å². The predicted octanol–water partition coefficient (Wildman–Crippen LogP) is -3.56. The van der Waals surface area contributed by atoms with Crippen molar-refractivity contribution in [3.63, 3.8) is 0 Å². The number of nitrogens with zero attached hydrogens (tertiary/aromatic N) is 1. The number of ether oxygens (including phenoxy) is 2. The van der Waals surface area contributed by atoms with Gasteiger partial charge in [-0.05, 0) is 0 Å². The molecular weight excluding hydrogens is 430 g/mol. The smallest absolute Gasteiger partial charge is 0.446 e. The molecule has 16 nitrogen and oxygen atoms in total. The molecule has 10 N–H and O–H groups in total. The van der Waals surface area contributed by atoms with Crippen molar-refractivity contribution in [1.29, 1.82) is 0 Å². The maximum absolute atomic E-state index is 11.7. The van der Waals surface area contributed by atoms with E-state index in [1.807, 2.05) is 4.98 Å². The zero-order chi connectivity index (χ0) is 21.3. The topological polar surface area (TPSA) is 261 Å². The molecular formula is C10H19N4O12P2+. The van der Waals surface area contributed by atoms with E-state index < -0.39 is 64.7 Å². The molecule has 1 fully saturated rings. The van der Waals surface area contributed by atoms with Crippen LogP contribution in [-0.2, 0) is 27.4 Å². The van der Waals surface area contributed by atoms with Gasteiger partial charge in [-0.25, -0.2) is 13.9 Å². The minimum Gasteiger partial charge on any atom is -0.446 e.